The molecule has 2 N–H and O–H groups in total. The summed E-state index contributed by atoms with van der Waals surface area (Å²) in [5, 5.41) is 11.7. The topological polar surface area (TPSA) is 78.8 Å². The summed E-state index contributed by atoms with van der Waals surface area (Å²) in [6.45, 7) is 0. The normalized spacial score (nSPS) is 17.2. The zero-order valence-electron chi connectivity index (χ0n) is 14.2. The molecule has 0 bridgehead atoms. The number of hydrogen-bond donors (Lipinski definition) is 2. The summed E-state index contributed by atoms with van der Waals surface area (Å²) in [5.74, 6) is -1.33. The lowest BCUT2D eigenvalue weighted by Gasteiger charge is -2.06. The van der Waals surface area contributed by atoms with Gasteiger partial charge in [0.2, 0.25) is 0 Å². The second kappa shape index (κ2) is 7.89. The van der Waals surface area contributed by atoms with Crippen LogP contribution in [-0.2, 0) is 22.2 Å². The molecule has 0 spiro atoms. The number of nitrogens with one attached hydrogen (secondary N) is 1. The molecule has 0 saturated carbocycles. The van der Waals surface area contributed by atoms with Crippen LogP contribution in [-0.4, -0.2) is 22.2 Å². The fraction of sp³-hybridized carbons (Fsp3) is 0.105. The van der Waals surface area contributed by atoms with Crippen LogP contribution < -0.4 is 5.32 Å². The molecule has 9 heteroatoms. The van der Waals surface area contributed by atoms with Crippen LogP contribution in [0.1, 0.15) is 16.7 Å². The molecule has 1 saturated heterocycles. The van der Waals surface area contributed by atoms with Gasteiger partial charge in [0.15, 0.2) is 5.17 Å². The molecule has 0 aromatic heterocycles. The summed E-state index contributed by atoms with van der Waals surface area (Å²) in [7, 11) is 0. The average Bonchev–Trinajstić information content (AvgIpc) is 2.95. The molecule has 28 heavy (non-hydrogen) atoms. The number of halogens is 3. The molecule has 1 aliphatic heterocycles. The van der Waals surface area contributed by atoms with Gasteiger partial charge in [-0.05, 0) is 53.2 Å². The molecule has 2 aromatic rings. The van der Waals surface area contributed by atoms with Gasteiger partial charge in [0, 0.05) is 0 Å². The van der Waals surface area contributed by atoms with Gasteiger partial charge in [0.05, 0.1) is 22.6 Å². The minimum absolute atomic E-state index is 0.0949. The highest BCUT2D eigenvalue weighted by Gasteiger charge is 2.30. The zero-order valence-corrected chi connectivity index (χ0v) is 15.0. The quantitative estimate of drug-likeness (QED) is 0.745. The first-order chi connectivity index (χ1) is 13.2. The maximum absolute atomic E-state index is 12.6. The van der Waals surface area contributed by atoms with Crippen molar-refractivity contribution >= 4 is 40.6 Å². The molecule has 1 aliphatic rings. The molecule has 0 unspecified atom stereocenters. The molecule has 2 aromatic carbocycles. The number of benzene rings is 2. The van der Waals surface area contributed by atoms with E-state index in [1.54, 1.807) is 24.3 Å². The summed E-state index contributed by atoms with van der Waals surface area (Å²) in [5.41, 5.74) is 0.867. The number of alkyl halides is 3. The van der Waals surface area contributed by atoms with E-state index < -0.39 is 23.6 Å². The lowest BCUT2D eigenvalue weighted by atomic mass is 10.1. The van der Waals surface area contributed by atoms with Crippen LogP contribution in [0.5, 0.6) is 0 Å². The van der Waals surface area contributed by atoms with E-state index in [2.05, 4.69) is 10.3 Å². The highest BCUT2D eigenvalue weighted by atomic mass is 32.2. The monoisotopic (exact) mass is 406 g/mol. The fourth-order valence-electron chi connectivity index (χ4n) is 2.38. The third-order valence-electron chi connectivity index (χ3n) is 3.71. The standard InChI is InChI=1S/C19H13F3N2O3S/c20-19(21,22)13-5-1-11(2-6-13)9-15-17(27)24-18(28-15)23-14-7-3-12(4-8-14)10-16(25)26/h1-9H,10H2,(H,25,26)(H,23,24,27)/b15-9+. The van der Waals surface area contributed by atoms with Crippen molar-refractivity contribution in [3.05, 3.63) is 70.1 Å². The van der Waals surface area contributed by atoms with Crippen molar-refractivity contribution in [2.45, 2.75) is 12.6 Å². The molecule has 0 radical (unpaired) electrons. The van der Waals surface area contributed by atoms with E-state index in [4.69, 9.17) is 5.11 Å². The number of carbonyl (C=O) groups excluding carboxylic acids is 1. The van der Waals surface area contributed by atoms with Gasteiger partial charge < -0.3 is 10.4 Å². The Morgan fingerprint density at radius 2 is 1.75 bits per heavy atom. The van der Waals surface area contributed by atoms with E-state index >= 15 is 0 Å². The van der Waals surface area contributed by atoms with Crippen LogP contribution >= 0.6 is 11.8 Å². The number of aliphatic carboxylic acids is 1. The highest BCUT2D eigenvalue weighted by Crippen LogP contribution is 2.31. The van der Waals surface area contributed by atoms with E-state index in [0.29, 0.717) is 26.9 Å². The molecule has 0 atom stereocenters. The number of carboxylic acid groups (broad SMARTS) is 1. The molecule has 1 fully saturated rings. The van der Waals surface area contributed by atoms with E-state index in [-0.39, 0.29) is 6.42 Å². The van der Waals surface area contributed by atoms with Crippen molar-refractivity contribution in [1.82, 2.24) is 5.32 Å². The predicted octanol–water partition coefficient (Wildman–Crippen LogP) is 4.22. The van der Waals surface area contributed by atoms with Crippen molar-refractivity contribution in [2.75, 3.05) is 0 Å². The minimum Gasteiger partial charge on any atom is -0.481 e. The van der Waals surface area contributed by atoms with E-state index in [1.165, 1.54) is 18.2 Å². The van der Waals surface area contributed by atoms with E-state index in [0.717, 1.165) is 23.9 Å². The van der Waals surface area contributed by atoms with Crippen LogP contribution in [0.4, 0.5) is 18.9 Å². The largest absolute Gasteiger partial charge is 0.481 e. The lowest BCUT2D eigenvalue weighted by Crippen LogP contribution is -2.19. The van der Waals surface area contributed by atoms with Crippen LogP contribution in [0.2, 0.25) is 0 Å². The van der Waals surface area contributed by atoms with Crippen molar-refractivity contribution in [3.8, 4) is 0 Å². The van der Waals surface area contributed by atoms with Gasteiger partial charge in [-0.15, -0.1) is 0 Å². The molecular weight excluding hydrogens is 393 g/mol. The lowest BCUT2D eigenvalue weighted by molar-refractivity contribution is -0.138. The number of amides is 1. The van der Waals surface area contributed by atoms with Gasteiger partial charge in [0.1, 0.15) is 0 Å². The first-order valence-corrected chi connectivity index (χ1v) is 8.80. The summed E-state index contributed by atoms with van der Waals surface area (Å²) in [6.07, 6.45) is -3.02. The fourth-order valence-corrected chi connectivity index (χ4v) is 3.22. The van der Waals surface area contributed by atoms with Crippen molar-refractivity contribution < 1.29 is 27.9 Å². The second-order valence-electron chi connectivity index (χ2n) is 5.84. The number of thioether (sulfide) groups is 1. The number of aliphatic imine (C=N–C) groups is 1. The Bertz CT molecular complexity index is 965. The Morgan fingerprint density at radius 3 is 2.32 bits per heavy atom. The number of amidine groups is 1. The number of rotatable bonds is 4. The first kappa shape index (κ1) is 19.7. The Morgan fingerprint density at radius 1 is 1.11 bits per heavy atom. The van der Waals surface area contributed by atoms with Gasteiger partial charge in [-0.25, -0.2) is 4.99 Å². The van der Waals surface area contributed by atoms with Crippen LogP contribution in [0.3, 0.4) is 0 Å². The van der Waals surface area contributed by atoms with Gasteiger partial charge in [-0.2, -0.15) is 13.2 Å². The third kappa shape index (κ3) is 5.01. The van der Waals surface area contributed by atoms with Crippen LogP contribution in [0.25, 0.3) is 6.08 Å². The number of carbonyl (C=O) groups is 2. The SMILES string of the molecule is O=C(O)Cc1ccc(N=C2NC(=O)/C(=C\c3ccc(C(F)(F)F)cc3)S2)cc1. The second-order valence-corrected chi connectivity index (χ2v) is 6.87. The Labute approximate surface area is 162 Å². The Balaban J connectivity index is 1.73. The highest BCUT2D eigenvalue weighted by molar-refractivity contribution is 8.18. The molecule has 3 rings (SSSR count). The average molecular weight is 406 g/mol. The Hall–Kier alpha value is -3.07. The van der Waals surface area contributed by atoms with E-state index in [9.17, 15) is 22.8 Å². The smallest absolute Gasteiger partial charge is 0.416 e. The summed E-state index contributed by atoms with van der Waals surface area (Å²) >= 11 is 1.07. The number of carboxylic acids is 1. The molecule has 1 heterocycles. The first-order valence-electron chi connectivity index (χ1n) is 7.98. The Kier molecular flexibility index (Phi) is 5.55. The predicted molar refractivity (Wildman–Crippen MR) is 100 cm³/mol. The molecule has 5 nitrogen and oxygen atoms in total. The minimum atomic E-state index is -4.41. The maximum Gasteiger partial charge on any atom is 0.416 e. The third-order valence-corrected chi connectivity index (χ3v) is 4.62. The maximum atomic E-state index is 12.6. The van der Waals surface area contributed by atoms with Gasteiger partial charge in [-0.3, -0.25) is 9.59 Å². The summed E-state index contributed by atoms with van der Waals surface area (Å²) in [6, 6.07) is 11.0. The summed E-state index contributed by atoms with van der Waals surface area (Å²) < 4.78 is 37.8. The van der Waals surface area contributed by atoms with Crippen molar-refractivity contribution in [2.24, 2.45) is 4.99 Å². The molecule has 144 valence electrons. The van der Waals surface area contributed by atoms with Gasteiger partial charge >= 0.3 is 12.1 Å². The summed E-state index contributed by atoms with van der Waals surface area (Å²) in [4.78, 5) is 27.3. The zero-order chi connectivity index (χ0) is 20.3. The van der Waals surface area contributed by atoms with Gasteiger partial charge in [-0.1, -0.05) is 24.3 Å². The number of hydrogen-bond acceptors (Lipinski definition) is 4. The molecular formula is C19H13F3N2O3S. The van der Waals surface area contributed by atoms with Gasteiger partial charge in [0.25, 0.3) is 5.91 Å². The van der Waals surface area contributed by atoms with Crippen molar-refractivity contribution in [3.63, 3.8) is 0 Å². The molecule has 1 amide bonds. The number of nitrogens with zero attached hydrogens (tertiary/aromatic N) is 1. The van der Waals surface area contributed by atoms with Crippen LogP contribution in [0.15, 0.2) is 58.4 Å². The van der Waals surface area contributed by atoms with E-state index in [1.807, 2.05) is 0 Å². The van der Waals surface area contributed by atoms with Crippen molar-refractivity contribution in [1.29, 1.82) is 0 Å². The van der Waals surface area contributed by atoms with Crippen LogP contribution in [0, 0.1) is 0 Å². The molecule has 0 aliphatic carbocycles.